The average Bonchev–Trinajstić information content (AvgIpc) is 2.95. The molecule has 1 atom stereocenters. The number of rotatable bonds is 3. The van der Waals surface area contributed by atoms with E-state index in [2.05, 4.69) is 26.1 Å². The van der Waals surface area contributed by atoms with Crippen LogP contribution in [0.5, 0.6) is 0 Å². The number of hydrogen-bond donors (Lipinski definition) is 0. The van der Waals surface area contributed by atoms with Crippen molar-refractivity contribution < 1.29 is 18.0 Å². The molecule has 0 bridgehead atoms. The Hall–Kier alpha value is -1.89. The fourth-order valence-electron chi connectivity index (χ4n) is 2.56. The predicted octanol–water partition coefficient (Wildman–Crippen LogP) is 5.17. The summed E-state index contributed by atoms with van der Waals surface area (Å²) in [5, 5.41) is 3.86. The van der Waals surface area contributed by atoms with Crippen LogP contribution < -0.4 is 0 Å². The van der Waals surface area contributed by atoms with E-state index in [1.807, 2.05) is 25.1 Å². The monoisotopic (exact) mass is 398 g/mol. The minimum Gasteiger partial charge on any atom is -0.386 e. The number of oxime groups is 1. The highest BCUT2D eigenvalue weighted by Crippen LogP contribution is 2.32. The van der Waals surface area contributed by atoms with Crippen LogP contribution in [-0.2, 0) is 17.4 Å². The van der Waals surface area contributed by atoms with Gasteiger partial charge in [0, 0.05) is 24.7 Å². The lowest BCUT2D eigenvalue weighted by Crippen LogP contribution is -2.07. The van der Waals surface area contributed by atoms with Gasteiger partial charge in [-0.25, -0.2) is 0 Å². The second-order valence-corrected chi connectivity index (χ2v) is 6.58. The average molecular weight is 399 g/mol. The molecule has 1 aromatic heterocycles. The summed E-state index contributed by atoms with van der Waals surface area (Å²) in [6, 6.07) is 7.91. The van der Waals surface area contributed by atoms with E-state index in [9.17, 15) is 13.2 Å². The first-order valence-electron chi connectivity index (χ1n) is 7.32. The third-order valence-corrected chi connectivity index (χ3v) is 4.36. The summed E-state index contributed by atoms with van der Waals surface area (Å²) in [7, 11) is 0. The minimum absolute atomic E-state index is 0.173. The number of hydrogen-bond acceptors (Lipinski definition) is 3. The lowest BCUT2D eigenvalue weighted by Gasteiger charge is -2.13. The molecule has 3 rings (SSSR count). The van der Waals surface area contributed by atoms with Crippen LogP contribution in [0.15, 0.2) is 41.7 Å². The molecule has 1 aliphatic heterocycles. The zero-order chi connectivity index (χ0) is 17.3. The molecule has 3 nitrogen and oxygen atoms in total. The maximum atomic E-state index is 12.8. The summed E-state index contributed by atoms with van der Waals surface area (Å²) in [5.74, 6) is 0. The lowest BCUT2D eigenvalue weighted by atomic mass is 9.97. The van der Waals surface area contributed by atoms with E-state index in [1.165, 1.54) is 6.20 Å². The summed E-state index contributed by atoms with van der Waals surface area (Å²) in [6.07, 6.45) is -2.37. The minimum atomic E-state index is -4.37. The molecule has 0 unspecified atom stereocenters. The highest BCUT2D eigenvalue weighted by atomic mass is 79.9. The van der Waals surface area contributed by atoms with Gasteiger partial charge in [0.15, 0.2) is 6.10 Å². The molecule has 0 fully saturated rings. The molecule has 0 spiro atoms. The Morgan fingerprint density at radius 1 is 1.25 bits per heavy atom. The summed E-state index contributed by atoms with van der Waals surface area (Å²) >= 11 is 3.30. The van der Waals surface area contributed by atoms with Crippen molar-refractivity contribution in [1.82, 2.24) is 4.98 Å². The first-order chi connectivity index (χ1) is 11.3. The highest BCUT2D eigenvalue weighted by molar-refractivity contribution is 9.18. The first kappa shape index (κ1) is 17.0. The van der Waals surface area contributed by atoms with Gasteiger partial charge in [-0.15, -0.1) is 0 Å². The quantitative estimate of drug-likeness (QED) is 0.714. The fourth-order valence-corrected chi connectivity index (χ4v) is 2.93. The predicted molar refractivity (Wildman–Crippen MR) is 88.0 cm³/mol. The Morgan fingerprint density at radius 3 is 2.71 bits per heavy atom. The normalized spacial score (nSPS) is 17.5. The topological polar surface area (TPSA) is 34.5 Å². The second kappa shape index (κ2) is 6.55. The van der Waals surface area contributed by atoms with Crippen molar-refractivity contribution >= 4 is 20.6 Å². The molecule has 0 saturated heterocycles. The maximum Gasteiger partial charge on any atom is 0.416 e. The van der Waals surface area contributed by atoms with Crippen LogP contribution in [0.25, 0.3) is 0 Å². The van der Waals surface area contributed by atoms with Gasteiger partial charge in [-0.2, -0.15) is 13.2 Å². The van der Waals surface area contributed by atoms with Crippen LogP contribution in [-0.4, -0.2) is 9.60 Å². The van der Waals surface area contributed by atoms with Gasteiger partial charge in [0.1, 0.15) is 4.62 Å². The highest BCUT2D eigenvalue weighted by Gasteiger charge is 2.30. The van der Waals surface area contributed by atoms with Crippen molar-refractivity contribution in [2.45, 2.75) is 32.0 Å². The molecule has 0 radical (unpaired) electrons. The van der Waals surface area contributed by atoms with E-state index in [4.69, 9.17) is 4.84 Å². The van der Waals surface area contributed by atoms with E-state index >= 15 is 0 Å². The maximum absolute atomic E-state index is 12.8. The largest absolute Gasteiger partial charge is 0.416 e. The van der Waals surface area contributed by atoms with Gasteiger partial charge in [0.25, 0.3) is 0 Å². The number of halogens is 4. The summed E-state index contributed by atoms with van der Waals surface area (Å²) in [6.45, 7) is 1.93. The van der Waals surface area contributed by atoms with Gasteiger partial charge < -0.3 is 4.84 Å². The third-order valence-electron chi connectivity index (χ3n) is 3.89. The van der Waals surface area contributed by atoms with E-state index in [0.717, 1.165) is 33.4 Å². The van der Waals surface area contributed by atoms with E-state index in [1.54, 1.807) is 0 Å². The number of nitrogens with zero attached hydrogens (tertiary/aromatic N) is 2. The van der Waals surface area contributed by atoms with E-state index < -0.39 is 11.7 Å². The van der Waals surface area contributed by atoms with Crippen LogP contribution in [0.3, 0.4) is 0 Å². The Labute approximate surface area is 145 Å². The molecular formula is C17H14BrF3N2O. The van der Waals surface area contributed by atoms with E-state index in [-0.39, 0.29) is 6.10 Å². The first-order valence-corrected chi connectivity index (χ1v) is 8.12. The van der Waals surface area contributed by atoms with Crippen LogP contribution in [0.2, 0.25) is 0 Å². The molecular weight excluding hydrogens is 385 g/mol. The standard InChI is InChI=1S/C17H14BrF3N2O/c1-10-2-3-11(15-9-16(18)23-24-15)6-12(10)7-14-8-13(4-5-22-14)17(19,20)21/h2-6,8,15H,7,9H2,1H3/t15-/m0/s1. The Kier molecular flexibility index (Phi) is 4.62. The number of alkyl halides is 3. The molecule has 0 aliphatic carbocycles. The molecule has 126 valence electrons. The van der Waals surface area contributed by atoms with Crippen LogP contribution in [0, 0.1) is 6.92 Å². The molecule has 2 aromatic rings. The smallest absolute Gasteiger partial charge is 0.386 e. The molecule has 2 heterocycles. The number of aryl methyl sites for hydroxylation is 1. The summed E-state index contributed by atoms with van der Waals surface area (Å²) < 4.78 is 39.2. The lowest BCUT2D eigenvalue weighted by molar-refractivity contribution is -0.137. The molecule has 1 aliphatic rings. The second-order valence-electron chi connectivity index (χ2n) is 5.66. The van der Waals surface area contributed by atoms with Crippen molar-refractivity contribution in [2.75, 3.05) is 0 Å². The van der Waals surface area contributed by atoms with Gasteiger partial charge in [0.2, 0.25) is 0 Å². The molecule has 0 saturated carbocycles. The van der Waals surface area contributed by atoms with Crippen LogP contribution in [0.4, 0.5) is 13.2 Å². The van der Waals surface area contributed by atoms with Crippen molar-refractivity contribution in [3.8, 4) is 0 Å². The van der Waals surface area contributed by atoms with Crippen LogP contribution >= 0.6 is 15.9 Å². The zero-order valence-corrected chi connectivity index (χ0v) is 14.4. The Morgan fingerprint density at radius 2 is 2.04 bits per heavy atom. The molecule has 24 heavy (non-hydrogen) atoms. The third kappa shape index (κ3) is 3.77. The number of aromatic nitrogens is 1. The summed E-state index contributed by atoms with van der Waals surface area (Å²) in [4.78, 5) is 9.40. The van der Waals surface area contributed by atoms with Gasteiger partial charge in [-0.1, -0.05) is 23.4 Å². The number of pyridine rings is 1. The van der Waals surface area contributed by atoms with Crippen molar-refractivity contribution in [3.63, 3.8) is 0 Å². The van der Waals surface area contributed by atoms with E-state index in [0.29, 0.717) is 18.5 Å². The summed E-state index contributed by atoms with van der Waals surface area (Å²) in [5.41, 5.74) is 2.57. The van der Waals surface area contributed by atoms with Crippen molar-refractivity contribution in [3.05, 3.63) is 64.5 Å². The molecule has 0 amide bonds. The molecule has 1 aromatic carbocycles. The van der Waals surface area contributed by atoms with Gasteiger partial charge >= 0.3 is 6.18 Å². The molecule has 0 N–H and O–H groups in total. The zero-order valence-electron chi connectivity index (χ0n) is 12.8. The van der Waals surface area contributed by atoms with Crippen molar-refractivity contribution in [2.24, 2.45) is 5.16 Å². The SMILES string of the molecule is Cc1ccc([C@@H]2CC(Br)=NO2)cc1Cc1cc(C(F)(F)F)ccn1. The van der Waals surface area contributed by atoms with Gasteiger partial charge in [0.05, 0.1) is 5.56 Å². The van der Waals surface area contributed by atoms with Gasteiger partial charge in [-0.05, 0) is 51.7 Å². The Bertz CT molecular complexity index is 790. The number of benzene rings is 1. The molecule has 7 heteroatoms. The van der Waals surface area contributed by atoms with Crippen LogP contribution in [0.1, 0.15) is 40.5 Å². The van der Waals surface area contributed by atoms with Gasteiger partial charge in [-0.3, -0.25) is 4.98 Å². The Balaban J connectivity index is 1.85. The van der Waals surface area contributed by atoms with Crippen molar-refractivity contribution in [1.29, 1.82) is 0 Å². The fraction of sp³-hybridized carbons (Fsp3) is 0.294.